The summed E-state index contributed by atoms with van der Waals surface area (Å²) in [5.74, 6) is 0. The van der Waals surface area contributed by atoms with Crippen LogP contribution in [0.25, 0.3) is 11.1 Å². The molecule has 8 aromatic rings. The topological polar surface area (TPSA) is 9.72 Å². The molecule has 0 saturated heterocycles. The number of hydrogen-bond donors (Lipinski definition) is 0. The smallest absolute Gasteiger partial charge is 0.252 e. The minimum absolute atomic E-state index is 0.0121. The number of fused-ring (bicyclic) bond motifs is 9. The first kappa shape index (κ1) is 51.6. The summed E-state index contributed by atoms with van der Waals surface area (Å²) in [5, 5.41) is 0. The molecule has 8 aromatic carbocycles. The van der Waals surface area contributed by atoms with Crippen LogP contribution in [-0.4, -0.2) is 6.71 Å². The molecule has 4 heteroatoms. The summed E-state index contributed by atoms with van der Waals surface area (Å²) in [6, 6.07) is 60.0. The van der Waals surface area contributed by atoms with Gasteiger partial charge in [0.2, 0.25) is 0 Å². The summed E-state index contributed by atoms with van der Waals surface area (Å²) >= 11 is 0. The molecule has 2 aliphatic heterocycles. The van der Waals surface area contributed by atoms with Crippen LogP contribution >= 0.6 is 0 Å². The first-order valence-corrected chi connectivity index (χ1v) is 29.5. The summed E-state index contributed by atoms with van der Waals surface area (Å²) in [6.07, 6.45) is 3.46. The maximum absolute atomic E-state index is 2.72. The van der Waals surface area contributed by atoms with Gasteiger partial charge in [-0.25, -0.2) is 0 Å². The van der Waals surface area contributed by atoms with Crippen LogP contribution in [0.2, 0.25) is 0 Å². The second kappa shape index (κ2) is 16.9. The molecule has 0 bridgehead atoms. The molecule has 79 heavy (non-hydrogen) atoms. The number of nitrogens with zero attached hydrogens (tertiary/aromatic N) is 3. The van der Waals surface area contributed by atoms with Gasteiger partial charge in [-0.15, -0.1) is 0 Å². The van der Waals surface area contributed by atoms with Crippen molar-refractivity contribution in [3.63, 3.8) is 0 Å². The van der Waals surface area contributed by atoms with Gasteiger partial charge in [0.05, 0.1) is 5.69 Å². The Morgan fingerprint density at radius 1 is 0.443 bits per heavy atom. The highest BCUT2D eigenvalue weighted by molar-refractivity contribution is 7.00. The van der Waals surface area contributed by atoms with Crippen LogP contribution in [0.4, 0.5) is 51.2 Å². The Hall–Kier alpha value is -6.78. The quantitative estimate of drug-likeness (QED) is 0.159. The zero-order valence-electron chi connectivity index (χ0n) is 50.5. The summed E-state index contributed by atoms with van der Waals surface area (Å²) < 4.78 is 0. The van der Waals surface area contributed by atoms with Gasteiger partial charge in [-0.05, 0) is 203 Å². The number of rotatable bonds is 5. The molecular weight excluding hydrogens is 954 g/mol. The van der Waals surface area contributed by atoms with Crippen molar-refractivity contribution in [3.8, 4) is 11.1 Å². The van der Waals surface area contributed by atoms with Gasteiger partial charge in [0.15, 0.2) is 0 Å². The van der Waals surface area contributed by atoms with E-state index in [1.807, 2.05) is 0 Å². The molecule has 0 saturated carbocycles. The Bertz CT molecular complexity index is 3830. The lowest BCUT2D eigenvalue weighted by Gasteiger charge is -2.46. The molecule has 2 heterocycles. The lowest BCUT2D eigenvalue weighted by molar-refractivity contribution is 0.332. The normalized spacial score (nSPS) is 18.2. The Morgan fingerprint density at radius 3 is 1.70 bits per heavy atom. The van der Waals surface area contributed by atoms with E-state index >= 15 is 0 Å². The fourth-order valence-electron chi connectivity index (χ4n) is 15.8. The van der Waals surface area contributed by atoms with E-state index in [4.69, 9.17) is 0 Å². The standard InChI is InChI=1S/C75H82BN3/c1-46-39-64-68-65(40-46)79(61-36-34-55(70(5,6)7)67-66(61)52-25-21-22-26-53(52)75(67,16)17)62-42-51(77(48-23-19-18-20-24-48)49-29-27-47(28-30-49)69(2,3)4)32-35-59(62)76(68)60-43-57-58(74(14,15)45-73(57,12)13)44-63(60)78(64)50-31-33-54-56(41-50)72(10,11)38-37-71(54,8)9/h18-36,39-44H,37-38,45H2,1-17H3. The van der Waals surface area contributed by atoms with Gasteiger partial charge >= 0.3 is 0 Å². The Balaban J connectivity index is 1.15. The Kier molecular flexibility index (Phi) is 11.0. The van der Waals surface area contributed by atoms with Gasteiger partial charge in [-0.1, -0.05) is 190 Å². The van der Waals surface area contributed by atoms with Crippen LogP contribution in [0, 0.1) is 6.92 Å². The van der Waals surface area contributed by atoms with Gasteiger partial charge in [-0.3, -0.25) is 0 Å². The van der Waals surface area contributed by atoms with Crippen molar-refractivity contribution >= 4 is 74.3 Å². The molecule has 0 spiro atoms. The SMILES string of the molecule is Cc1cc2c3c(c1)N(c1ccc(C(C)(C)C)c4c1-c1ccccc1C4(C)C)c1cc(N(c4ccccc4)c4ccc(C(C)(C)C)cc4)ccc1B3c1cc3c(cc1N2c1ccc2c(c1)C(C)(C)CCC2(C)C)C(C)(C)CC3(C)C. The van der Waals surface area contributed by atoms with Gasteiger partial charge in [0, 0.05) is 56.5 Å². The van der Waals surface area contributed by atoms with Crippen molar-refractivity contribution in [1.29, 1.82) is 0 Å². The number of para-hydroxylation sites is 1. The first-order valence-electron chi connectivity index (χ1n) is 29.5. The van der Waals surface area contributed by atoms with Gasteiger partial charge in [0.1, 0.15) is 0 Å². The lowest BCUT2D eigenvalue weighted by atomic mass is 9.33. The number of aryl methyl sites for hydroxylation is 1. The summed E-state index contributed by atoms with van der Waals surface area (Å²) in [6.45, 7) is 41.1. The average Bonchev–Trinajstić information content (AvgIpc) is 2.99. The van der Waals surface area contributed by atoms with Gasteiger partial charge in [0.25, 0.3) is 6.71 Å². The van der Waals surface area contributed by atoms with E-state index in [0.29, 0.717) is 0 Å². The molecule has 3 aliphatic carbocycles. The van der Waals surface area contributed by atoms with Crippen LogP contribution in [-0.2, 0) is 37.9 Å². The lowest BCUT2D eigenvalue weighted by Crippen LogP contribution is -2.61. The number of benzene rings is 8. The van der Waals surface area contributed by atoms with Crippen molar-refractivity contribution in [1.82, 2.24) is 0 Å². The molecule has 3 nitrogen and oxygen atoms in total. The number of anilines is 9. The molecule has 0 aromatic heterocycles. The predicted octanol–water partition coefficient (Wildman–Crippen LogP) is 18.8. The fourth-order valence-corrected chi connectivity index (χ4v) is 15.8. The van der Waals surface area contributed by atoms with Gasteiger partial charge in [-0.2, -0.15) is 0 Å². The third-order valence-electron chi connectivity index (χ3n) is 19.8. The van der Waals surface area contributed by atoms with Crippen molar-refractivity contribution < 1.29 is 0 Å². The van der Waals surface area contributed by atoms with Crippen molar-refractivity contribution in [3.05, 3.63) is 202 Å². The fraction of sp³-hybridized carbons (Fsp3) is 0.360. The second-order valence-corrected chi connectivity index (χ2v) is 29.7. The maximum Gasteiger partial charge on any atom is 0.252 e. The molecule has 5 aliphatic rings. The highest BCUT2D eigenvalue weighted by Gasteiger charge is 2.50. The minimum atomic E-state index is -0.214. The van der Waals surface area contributed by atoms with Gasteiger partial charge < -0.3 is 14.7 Å². The van der Waals surface area contributed by atoms with Crippen molar-refractivity contribution in [2.75, 3.05) is 14.7 Å². The molecule has 0 N–H and O–H groups in total. The molecule has 0 atom stereocenters. The maximum atomic E-state index is 2.72. The zero-order chi connectivity index (χ0) is 55.9. The van der Waals surface area contributed by atoms with Crippen LogP contribution in [0.3, 0.4) is 0 Å². The van der Waals surface area contributed by atoms with E-state index in [-0.39, 0.29) is 44.6 Å². The molecule has 400 valence electrons. The molecule has 13 rings (SSSR count). The molecule has 0 radical (unpaired) electrons. The summed E-state index contributed by atoms with van der Waals surface area (Å²) in [4.78, 5) is 7.90. The number of hydrogen-bond acceptors (Lipinski definition) is 3. The van der Waals surface area contributed by atoms with E-state index in [0.717, 1.165) is 23.5 Å². The van der Waals surface area contributed by atoms with Crippen LogP contribution in [0.1, 0.15) is 180 Å². The predicted molar refractivity (Wildman–Crippen MR) is 341 cm³/mol. The third-order valence-corrected chi connectivity index (χ3v) is 19.8. The van der Waals surface area contributed by atoms with Crippen LogP contribution in [0.5, 0.6) is 0 Å². The largest absolute Gasteiger partial charge is 0.311 e. The minimum Gasteiger partial charge on any atom is -0.311 e. The molecule has 0 amide bonds. The highest BCUT2D eigenvalue weighted by Crippen LogP contribution is 2.59. The van der Waals surface area contributed by atoms with E-state index in [9.17, 15) is 0 Å². The third kappa shape index (κ3) is 7.72. The molecule has 0 unspecified atom stereocenters. The summed E-state index contributed by atoms with van der Waals surface area (Å²) in [7, 11) is 0. The van der Waals surface area contributed by atoms with Crippen LogP contribution in [0.15, 0.2) is 152 Å². The zero-order valence-corrected chi connectivity index (χ0v) is 50.5. The van der Waals surface area contributed by atoms with Crippen molar-refractivity contribution in [2.45, 2.75) is 175 Å². The monoisotopic (exact) mass is 1040 g/mol. The second-order valence-electron chi connectivity index (χ2n) is 29.7. The molecule has 0 fully saturated rings. The van der Waals surface area contributed by atoms with E-state index in [1.165, 1.54) is 125 Å². The van der Waals surface area contributed by atoms with Crippen LogP contribution < -0.4 is 31.1 Å². The molecular formula is C75H82BN3. The Morgan fingerprint density at radius 2 is 1.03 bits per heavy atom. The Labute approximate surface area is 474 Å². The van der Waals surface area contributed by atoms with E-state index in [2.05, 4.69) is 284 Å². The van der Waals surface area contributed by atoms with Crippen molar-refractivity contribution in [2.24, 2.45) is 0 Å². The van der Waals surface area contributed by atoms with E-state index < -0.39 is 0 Å². The summed E-state index contributed by atoms with van der Waals surface area (Å²) in [5.41, 5.74) is 30.5. The van der Waals surface area contributed by atoms with E-state index in [1.54, 1.807) is 0 Å². The highest BCUT2D eigenvalue weighted by atomic mass is 15.2. The first-order chi connectivity index (χ1) is 37.1. The average molecular weight is 1040 g/mol.